The average Bonchev–Trinajstić information content (AvgIpc) is 2.31. The first-order valence-electron chi connectivity index (χ1n) is 4.96. The molecule has 0 spiro atoms. The maximum Gasteiger partial charge on any atom is 0.238 e. The van der Waals surface area contributed by atoms with Gasteiger partial charge in [0.25, 0.3) is 0 Å². The lowest BCUT2D eigenvalue weighted by Gasteiger charge is -2.07. The van der Waals surface area contributed by atoms with Gasteiger partial charge in [0.15, 0.2) is 0 Å². The van der Waals surface area contributed by atoms with Gasteiger partial charge in [-0.2, -0.15) is 0 Å². The lowest BCUT2D eigenvalue weighted by atomic mass is 10.1. The number of hydrogen-bond donors (Lipinski definition) is 1. The normalized spacial score (nSPS) is 11.5. The fraction of sp³-hybridized carbons (Fsp3) is 0. The zero-order chi connectivity index (χ0) is 13.3. The lowest BCUT2D eigenvalue weighted by Crippen LogP contribution is -2.11. The van der Waals surface area contributed by atoms with E-state index in [0.29, 0.717) is 10.6 Å². The smallest absolute Gasteiger partial charge is 0.225 e. The third kappa shape index (κ3) is 2.92. The van der Waals surface area contributed by atoms with E-state index >= 15 is 0 Å². The standard InChI is InChI=1S/C12H9BrClNO2S/c13-9-4-5-12(14)11(7-9)8-2-1-3-10(6-8)18(15,16)17/h1-7H,(H2,15,16,17). The summed E-state index contributed by atoms with van der Waals surface area (Å²) in [5.74, 6) is 0. The van der Waals surface area contributed by atoms with Crippen molar-refractivity contribution in [1.82, 2.24) is 0 Å². The van der Waals surface area contributed by atoms with E-state index in [1.165, 1.54) is 12.1 Å². The van der Waals surface area contributed by atoms with Gasteiger partial charge in [0.1, 0.15) is 0 Å². The SMILES string of the molecule is NS(=O)(=O)c1cccc(-c2cc(Br)ccc2Cl)c1. The average molecular weight is 347 g/mol. The molecule has 6 heteroatoms. The van der Waals surface area contributed by atoms with Gasteiger partial charge in [0.05, 0.1) is 4.90 Å². The summed E-state index contributed by atoms with van der Waals surface area (Å²) in [5.41, 5.74) is 1.45. The Bertz CT molecular complexity index is 701. The molecule has 2 aromatic rings. The van der Waals surface area contributed by atoms with Gasteiger partial charge >= 0.3 is 0 Å². The molecule has 0 saturated carbocycles. The number of halogens is 2. The molecule has 0 radical (unpaired) electrons. The number of sulfonamides is 1. The highest BCUT2D eigenvalue weighted by Crippen LogP contribution is 2.31. The molecule has 0 aromatic heterocycles. The molecule has 0 aliphatic carbocycles. The minimum absolute atomic E-state index is 0.0658. The van der Waals surface area contributed by atoms with E-state index in [4.69, 9.17) is 16.7 Å². The first kappa shape index (κ1) is 13.5. The maximum atomic E-state index is 11.3. The molecule has 0 saturated heterocycles. The minimum Gasteiger partial charge on any atom is -0.225 e. The van der Waals surface area contributed by atoms with Gasteiger partial charge in [0, 0.05) is 15.1 Å². The number of benzene rings is 2. The van der Waals surface area contributed by atoms with Gasteiger partial charge in [-0.05, 0) is 35.9 Å². The summed E-state index contributed by atoms with van der Waals surface area (Å²) < 4.78 is 23.5. The molecular formula is C12H9BrClNO2S. The van der Waals surface area contributed by atoms with Gasteiger partial charge in [-0.15, -0.1) is 0 Å². The van der Waals surface area contributed by atoms with Crippen molar-refractivity contribution in [2.45, 2.75) is 4.90 Å². The summed E-state index contributed by atoms with van der Waals surface area (Å²) in [6.45, 7) is 0. The van der Waals surface area contributed by atoms with Crippen LogP contribution in [0.1, 0.15) is 0 Å². The van der Waals surface area contributed by atoms with Crippen molar-refractivity contribution >= 4 is 37.6 Å². The Balaban J connectivity index is 2.62. The fourth-order valence-corrected chi connectivity index (χ4v) is 2.71. The summed E-state index contributed by atoms with van der Waals surface area (Å²) in [4.78, 5) is 0.0658. The second kappa shape index (κ2) is 5.01. The molecule has 0 unspecified atom stereocenters. The molecule has 0 aliphatic rings. The topological polar surface area (TPSA) is 60.2 Å². The molecule has 3 nitrogen and oxygen atoms in total. The molecule has 0 atom stereocenters. The lowest BCUT2D eigenvalue weighted by molar-refractivity contribution is 0.598. The van der Waals surface area contributed by atoms with Gasteiger partial charge in [-0.25, -0.2) is 13.6 Å². The van der Waals surface area contributed by atoms with Crippen LogP contribution in [0.5, 0.6) is 0 Å². The highest BCUT2D eigenvalue weighted by molar-refractivity contribution is 9.10. The van der Waals surface area contributed by atoms with Crippen molar-refractivity contribution in [3.05, 3.63) is 52.0 Å². The van der Waals surface area contributed by atoms with Crippen LogP contribution in [0, 0.1) is 0 Å². The van der Waals surface area contributed by atoms with E-state index in [2.05, 4.69) is 15.9 Å². The minimum atomic E-state index is -3.71. The number of rotatable bonds is 2. The second-order valence-electron chi connectivity index (χ2n) is 3.70. The molecule has 0 amide bonds. The van der Waals surface area contributed by atoms with Crippen molar-refractivity contribution in [2.75, 3.05) is 0 Å². The Morgan fingerprint density at radius 2 is 1.83 bits per heavy atom. The summed E-state index contributed by atoms with van der Waals surface area (Å²) in [5, 5.41) is 5.65. The summed E-state index contributed by atoms with van der Waals surface area (Å²) in [6.07, 6.45) is 0. The van der Waals surface area contributed by atoms with E-state index in [1.54, 1.807) is 18.2 Å². The monoisotopic (exact) mass is 345 g/mol. The van der Waals surface area contributed by atoms with Crippen LogP contribution in [0.2, 0.25) is 5.02 Å². The molecule has 0 bridgehead atoms. The van der Waals surface area contributed by atoms with Crippen LogP contribution in [-0.4, -0.2) is 8.42 Å². The summed E-state index contributed by atoms with van der Waals surface area (Å²) in [6, 6.07) is 11.7. The molecule has 2 rings (SSSR count). The number of nitrogens with two attached hydrogens (primary N) is 1. The van der Waals surface area contributed by atoms with Gasteiger partial charge < -0.3 is 0 Å². The summed E-state index contributed by atoms with van der Waals surface area (Å²) >= 11 is 9.45. The van der Waals surface area contributed by atoms with Crippen LogP contribution >= 0.6 is 27.5 Å². The third-order valence-corrected chi connectivity index (χ3v) is 4.14. The first-order valence-corrected chi connectivity index (χ1v) is 7.68. The quantitative estimate of drug-likeness (QED) is 0.905. The van der Waals surface area contributed by atoms with Crippen molar-refractivity contribution in [1.29, 1.82) is 0 Å². The first-order chi connectivity index (χ1) is 8.38. The van der Waals surface area contributed by atoms with E-state index < -0.39 is 10.0 Å². The van der Waals surface area contributed by atoms with Crippen LogP contribution in [0.25, 0.3) is 11.1 Å². The van der Waals surface area contributed by atoms with E-state index in [0.717, 1.165) is 10.0 Å². The second-order valence-corrected chi connectivity index (χ2v) is 6.58. The Labute approximate surface area is 119 Å². The van der Waals surface area contributed by atoms with Gasteiger partial charge in [-0.1, -0.05) is 39.7 Å². The van der Waals surface area contributed by atoms with Crippen LogP contribution in [0.4, 0.5) is 0 Å². The van der Waals surface area contributed by atoms with Crippen LogP contribution in [0.15, 0.2) is 51.8 Å². The van der Waals surface area contributed by atoms with E-state index in [-0.39, 0.29) is 4.90 Å². The molecule has 2 N–H and O–H groups in total. The van der Waals surface area contributed by atoms with Crippen molar-refractivity contribution in [3.8, 4) is 11.1 Å². The molecule has 0 aliphatic heterocycles. The molecular weight excluding hydrogens is 338 g/mol. The Kier molecular flexibility index (Phi) is 3.77. The van der Waals surface area contributed by atoms with E-state index in [1.807, 2.05) is 12.1 Å². The highest BCUT2D eigenvalue weighted by Gasteiger charge is 2.10. The highest BCUT2D eigenvalue weighted by atomic mass is 79.9. The van der Waals surface area contributed by atoms with Crippen molar-refractivity contribution in [2.24, 2.45) is 5.14 Å². The summed E-state index contributed by atoms with van der Waals surface area (Å²) in [7, 11) is -3.71. The Morgan fingerprint density at radius 3 is 2.50 bits per heavy atom. The molecule has 0 fully saturated rings. The fourth-order valence-electron chi connectivity index (χ4n) is 1.56. The molecule has 94 valence electrons. The largest absolute Gasteiger partial charge is 0.238 e. The van der Waals surface area contributed by atoms with E-state index in [9.17, 15) is 8.42 Å². The van der Waals surface area contributed by atoms with Crippen molar-refractivity contribution < 1.29 is 8.42 Å². The Hall–Kier alpha value is -0.880. The van der Waals surface area contributed by atoms with Crippen LogP contribution < -0.4 is 5.14 Å². The van der Waals surface area contributed by atoms with Gasteiger partial charge in [0.2, 0.25) is 10.0 Å². The predicted octanol–water partition coefficient (Wildman–Crippen LogP) is 3.42. The van der Waals surface area contributed by atoms with Crippen LogP contribution in [0.3, 0.4) is 0 Å². The zero-order valence-electron chi connectivity index (χ0n) is 9.10. The number of hydrogen-bond acceptors (Lipinski definition) is 2. The number of primary sulfonamides is 1. The van der Waals surface area contributed by atoms with Crippen molar-refractivity contribution in [3.63, 3.8) is 0 Å². The molecule has 2 aromatic carbocycles. The Morgan fingerprint density at radius 1 is 1.11 bits per heavy atom. The van der Waals surface area contributed by atoms with Gasteiger partial charge in [-0.3, -0.25) is 0 Å². The maximum absolute atomic E-state index is 11.3. The molecule has 0 heterocycles. The molecule has 18 heavy (non-hydrogen) atoms. The van der Waals surface area contributed by atoms with Crippen LogP contribution in [-0.2, 0) is 10.0 Å². The predicted molar refractivity (Wildman–Crippen MR) is 76.0 cm³/mol. The third-order valence-electron chi connectivity index (χ3n) is 2.40. The zero-order valence-corrected chi connectivity index (χ0v) is 12.3.